The molecule has 1 aliphatic rings. The molecule has 1 fully saturated rings. The van der Waals surface area contributed by atoms with Gasteiger partial charge in [0.2, 0.25) is 5.91 Å². The summed E-state index contributed by atoms with van der Waals surface area (Å²) in [6, 6.07) is 13.9. The van der Waals surface area contributed by atoms with Crippen LogP contribution in [-0.4, -0.2) is 50.1 Å². The van der Waals surface area contributed by atoms with Gasteiger partial charge in [-0.1, -0.05) is 18.2 Å². The SMILES string of the molecule is COc1cccc(N2CCN(C(=O)c3ccccc3OC)[C@H](C)C2=O)c1. The van der Waals surface area contributed by atoms with Gasteiger partial charge in [0.25, 0.3) is 5.91 Å². The molecule has 0 bridgehead atoms. The van der Waals surface area contributed by atoms with E-state index in [9.17, 15) is 9.59 Å². The number of ether oxygens (including phenoxy) is 2. The Balaban J connectivity index is 1.82. The van der Waals surface area contributed by atoms with Crippen LogP contribution in [0.5, 0.6) is 11.5 Å². The minimum atomic E-state index is -0.563. The fourth-order valence-corrected chi connectivity index (χ4v) is 3.16. The number of hydrogen-bond acceptors (Lipinski definition) is 4. The van der Waals surface area contributed by atoms with Crippen molar-refractivity contribution in [1.29, 1.82) is 0 Å². The van der Waals surface area contributed by atoms with E-state index in [0.29, 0.717) is 30.2 Å². The second-order valence-electron chi connectivity index (χ2n) is 6.07. The standard InChI is InChI=1S/C20H22N2O4/c1-14-19(23)22(15-7-6-8-16(13-15)25-2)12-11-21(14)20(24)17-9-4-5-10-18(17)26-3/h4-10,13-14H,11-12H2,1-3H3/t14-/m1/s1. The van der Waals surface area contributed by atoms with Gasteiger partial charge in [-0.3, -0.25) is 9.59 Å². The molecule has 6 nitrogen and oxygen atoms in total. The molecule has 0 radical (unpaired) electrons. The van der Waals surface area contributed by atoms with Gasteiger partial charge in [-0.15, -0.1) is 0 Å². The van der Waals surface area contributed by atoms with Crippen LogP contribution < -0.4 is 14.4 Å². The molecular weight excluding hydrogens is 332 g/mol. The van der Waals surface area contributed by atoms with Crippen molar-refractivity contribution < 1.29 is 19.1 Å². The third-order valence-electron chi connectivity index (χ3n) is 4.62. The van der Waals surface area contributed by atoms with Gasteiger partial charge in [0.1, 0.15) is 17.5 Å². The zero-order chi connectivity index (χ0) is 18.7. The first-order valence-corrected chi connectivity index (χ1v) is 8.46. The summed E-state index contributed by atoms with van der Waals surface area (Å²) >= 11 is 0. The third-order valence-corrected chi connectivity index (χ3v) is 4.62. The summed E-state index contributed by atoms with van der Waals surface area (Å²) in [5.41, 5.74) is 1.23. The zero-order valence-electron chi connectivity index (χ0n) is 15.1. The number of methoxy groups -OCH3 is 2. The molecule has 136 valence electrons. The molecule has 2 aromatic carbocycles. The van der Waals surface area contributed by atoms with Gasteiger partial charge in [-0.2, -0.15) is 0 Å². The Bertz CT molecular complexity index is 821. The van der Waals surface area contributed by atoms with E-state index in [-0.39, 0.29) is 11.8 Å². The zero-order valence-corrected chi connectivity index (χ0v) is 15.1. The molecule has 0 aromatic heterocycles. The van der Waals surface area contributed by atoms with Crippen molar-refractivity contribution in [3.63, 3.8) is 0 Å². The molecule has 26 heavy (non-hydrogen) atoms. The Kier molecular flexibility index (Phi) is 5.11. The summed E-state index contributed by atoms with van der Waals surface area (Å²) in [6.07, 6.45) is 0. The monoisotopic (exact) mass is 354 g/mol. The van der Waals surface area contributed by atoms with Crippen molar-refractivity contribution in [2.75, 3.05) is 32.2 Å². The number of benzene rings is 2. The molecule has 0 N–H and O–H groups in total. The molecular formula is C20H22N2O4. The molecule has 0 aliphatic carbocycles. The summed E-state index contributed by atoms with van der Waals surface area (Å²) in [7, 11) is 3.12. The fraction of sp³-hybridized carbons (Fsp3) is 0.300. The number of hydrogen-bond donors (Lipinski definition) is 0. The van der Waals surface area contributed by atoms with E-state index >= 15 is 0 Å². The van der Waals surface area contributed by atoms with Crippen molar-refractivity contribution in [2.45, 2.75) is 13.0 Å². The van der Waals surface area contributed by atoms with Crippen LogP contribution in [0.2, 0.25) is 0 Å². The average Bonchev–Trinajstić information content (AvgIpc) is 2.69. The van der Waals surface area contributed by atoms with Gasteiger partial charge in [0.05, 0.1) is 19.8 Å². The predicted octanol–water partition coefficient (Wildman–Crippen LogP) is 2.58. The van der Waals surface area contributed by atoms with Gasteiger partial charge in [0, 0.05) is 24.8 Å². The number of carbonyl (C=O) groups is 2. The Labute approximate surface area is 152 Å². The largest absolute Gasteiger partial charge is 0.497 e. The van der Waals surface area contributed by atoms with Crippen LogP contribution >= 0.6 is 0 Å². The van der Waals surface area contributed by atoms with E-state index < -0.39 is 6.04 Å². The number of carbonyl (C=O) groups excluding carboxylic acids is 2. The van der Waals surface area contributed by atoms with E-state index in [4.69, 9.17) is 9.47 Å². The topological polar surface area (TPSA) is 59.1 Å². The summed E-state index contributed by atoms with van der Waals surface area (Å²) in [6.45, 7) is 2.63. The minimum absolute atomic E-state index is 0.118. The van der Waals surface area contributed by atoms with Crippen molar-refractivity contribution >= 4 is 17.5 Å². The highest BCUT2D eigenvalue weighted by molar-refractivity contribution is 6.04. The van der Waals surface area contributed by atoms with Gasteiger partial charge >= 0.3 is 0 Å². The molecule has 1 atom stereocenters. The van der Waals surface area contributed by atoms with E-state index in [1.54, 1.807) is 42.0 Å². The van der Waals surface area contributed by atoms with E-state index in [0.717, 1.165) is 5.69 Å². The van der Waals surface area contributed by atoms with Crippen LogP contribution in [0.4, 0.5) is 5.69 Å². The second-order valence-corrected chi connectivity index (χ2v) is 6.07. The first kappa shape index (κ1) is 17.8. The van der Waals surface area contributed by atoms with Crippen molar-refractivity contribution in [1.82, 2.24) is 4.90 Å². The van der Waals surface area contributed by atoms with Crippen LogP contribution in [0.15, 0.2) is 48.5 Å². The predicted molar refractivity (Wildman–Crippen MR) is 98.8 cm³/mol. The van der Waals surface area contributed by atoms with Crippen molar-refractivity contribution in [3.05, 3.63) is 54.1 Å². The molecule has 1 saturated heterocycles. The number of piperazine rings is 1. The molecule has 1 aliphatic heterocycles. The van der Waals surface area contributed by atoms with Gasteiger partial charge in [0.15, 0.2) is 0 Å². The summed E-state index contributed by atoms with van der Waals surface area (Å²) in [5.74, 6) is 0.879. The number of para-hydroxylation sites is 1. The van der Waals surface area contributed by atoms with Crippen LogP contribution in [0, 0.1) is 0 Å². The van der Waals surface area contributed by atoms with Crippen molar-refractivity contribution in [2.24, 2.45) is 0 Å². The second kappa shape index (κ2) is 7.47. The maximum Gasteiger partial charge on any atom is 0.258 e. The maximum absolute atomic E-state index is 12.9. The first-order chi connectivity index (χ1) is 12.6. The summed E-state index contributed by atoms with van der Waals surface area (Å²) < 4.78 is 10.5. The molecule has 6 heteroatoms. The first-order valence-electron chi connectivity index (χ1n) is 8.46. The van der Waals surface area contributed by atoms with Crippen LogP contribution in [-0.2, 0) is 4.79 Å². The molecule has 2 aromatic rings. The lowest BCUT2D eigenvalue weighted by Crippen LogP contribution is -2.57. The van der Waals surface area contributed by atoms with Gasteiger partial charge in [-0.05, 0) is 31.2 Å². The lowest BCUT2D eigenvalue weighted by Gasteiger charge is -2.39. The average molecular weight is 354 g/mol. The van der Waals surface area contributed by atoms with Crippen LogP contribution in [0.25, 0.3) is 0 Å². The molecule has 0 spiro atoms. The van der Waals surface area contributed by atoms with Gasteiger partial charge < -0.3 is 19.3 Å². The molecule has 0 saturated carbocycles. The number of anilines is 1. The van der Waals surface area contributed by atoms with Crippen LogP contribution in [0.1, 0.15) is 17.3 Å². The molecule has 0 unspecified atom stereocenters. The summed E-state index contributed by atoms with van der Waals surface area (Å²) in [4.78, 5) is 29.1. The quantitative estimate of drug-likeness (QED) is 0.847. The normalized spacial score (nSPS) is 17.2. The lowest BCUT2D eigenvalue weighted by molar-refractivity contribution is -0.124. The fourth-order valence-electron chi connectivity index (χ4n) is 3.16. The Morgan fingerprint density at radius 3 is 2.54 bits per heavy atom. The van der Waals surface area contributed by atoms with Crippen molar-refractivity contribution in [3.8, 4) is 11.5 Å². The molecule has 1 heterocycles. The maximum atomic E-state index is 12.9. The highest BCUT2D eigenvalue weighted by atomic mass is 16.5. The molecule has 2 amide bonds. The third kappa shape index (κ3) is 3.22. The van der Waals surface area contributed by atoms with E-state index in [1.165, 1.54) is 7.11 Å². The summed E-state index contributed by atoms with van der Waals surface area (Å²) in [5, 5.41) is 0. The van der Waals surface area contributed by atoms with E-state index in [2.05, 4.69) is 0 Å². The highest BCUT2D eigenvalue weighted by Crippen LogP contribution is 2.26. The Hall–Kier alpha value is -3.02. The van der Waals surface area contributed by atoms with Crippen LogP contribution in [0.3, 0.4) is 0 Å². The minimum Gasteiger partial charge on any atom is -0.497 e. The Morgan fingerprint density at radius 2 is 1.81 bits per heavy atom. The highest BCUT2D eigenvalue weighted by Gasteiger charge is 2.36. The number of amides is 2. The number of rotatable bonds is 4. The van der Waals surface area contributed by atoms with E-state index in [1.807, 2.05) is 30.3 Å². The smallest absolute Gasteiger partial charge is 0.258 e. The lowest BCUT2D eigenvalue weighted by atomic mass is 10.1. The molecule has 3 rings (SSSR count). The number of nitrogens with zero attached hydrogens (tertiary/aromatic N) is 2. The van der Waals surface area contributed by atoms with Gasteiger partial charge in [-0.25, -0.2) is 0 Å². The Morgan fingerprint density at radius 1 is 1.04 bits per heavy atom.